The quantitative estimate of drug-likeness (QED) is 0.344. The largest absolute Gasteiger partial charge is 0.497 e. The normalized spacial score (nSPS) is 11.5. The number of hydrogen-bond donors (Lipinski definition) is 3. The fraction of sp³-hybridized carbons (Fsp3) is 0.292. The van der Waals surface area contributed by atoms with Gasteiger partial charge in [-0.3, -0.25) is 9.59 Å². The lowest BCUT2D eigenvalue weighted by Crippen LogP contribution is -2.30. The van der Waals surface area contributed by atoms with Gasteiger partial charge in [0, 0.05) is 12.2 Å². The number of hydrogen-bond acceptors (Lipinski definition) is 7. The lowest BCUT2D eigenvalue weighted by atomic mass is 10.1. The van der Waals surface area contributed by atoms with Gasteiger partial charge in [0.2, 0.25) is 11.8 Å². The molecule has 0 aliphatic heterocycles. The number of amides is 2. The van der Waals surface area contributed by atoms with Crippen LogP contribution in [0.25, 0.3) is 0 Å². The number of aromatic nitrogens is 3. The van der Waals surface area contributed by atoms with Crippen LogP contribution in [0.1, 0.15) is 41.6 Å². The van der Waals surface area contributed by atoms with Gasteiger partial charge in [0.15, 0.2) is 11.0 Å². The van der Waals surface area contributed by atoms with E-state index in [4.69, 9.17) is 9.84 Å². The summed E-state index contributed by atoms with van der Waals surface area (Å²) in [5, 5.41) is 23.7. The van der Waals surface area contributed by atoms with Gasteiger partial charge < -0.3 is 25.0 Å². The zero-order valence-electron chi connectivity index (χ0n) is 19.6. The molecule has 3 aromatic rings. The van der Waals surface area contributed by atoms with Gasteiger partial charge >= 0.3 is 5.97 Å². The van der Waals surface area contributed by atoms with E-state index in [1.54, 1.807) is 19.2 Å². The minimum absolute atomic E-state index is 0.0631. The number of anilines is 1. The van der Waals surface area contributed by atoms with Gasteiger partial charge in [-0.25, -0.2) is 4.79 Å². The molecule has 0 spiro atoms. The van der Waals surface area contributed by atoms with Gasteiger partial charge in [-0.15, -0.1) is 10.2 Å². The number of aromatic carboxylic acids is 1. The van der Waals surface area contributed by atoms with Crippen molar-refractivity contribution < 1.29 is 24.2 Å². The average Bonchev–Trinajstić information content (AvgIpc) is 3.26. The van der Waals surface area contributed by atoms with Crippen LogP contribution in [-0.2, 0) is 22.6 Å². The number of nitrogens with one attached hydrogen (secondary N) is 2. The molecule has 11 heteroatoms. The fourth-order valence-corrected chi connectivity index (χ4v) is 4.18. The highest BCUT2D eigenvalue weighted by Crippen LogP contribution is 2.21. The van der Waals surface area contributed by atoms with Crippen molar-refractivity contribution in [2.24, 2.45) is 0 Å². The first-order valence-electron chi connectivity index (χ1n) is 10.9. The van der Waals surface area contributed by atoms with Crippen molar-refractivity contribution in [3.8, 4) is 5.75 Å². The van der Waals surface area contributed by atoms with Gasteiger partial charge in [0.1, 0.15) is 5.75 Å². The lowest BCUT2D eigenvalue weighted by molar-refractivity contribution is -0.121. The minimum atomic E-state index is -1.07. The van der Waals surface area contributed by atoms with Crippen molar-refractivity contribution >= 4 is 35.2 Å². The number of carboxylic acids is 1. The Morgan fingerprint density at radius 3 is 2.51 bits per heavy atom. The van der Waals surface area contributed by atoms with Crippen LogP contribution in [-0.4, -0.2) is 50.5 Å². The standard InChI is InChI=1S/C24H27N5O5S/c1-4-29-22(15(2)25-20(30)12-16-8-10-19(34-3)11-9-16)27-28-24(29)35-14-21(31)26-18-7-5-6-17(13-18)23(32)33/h5-11,13,15H,4,12,14H2,1-3H3,(H,25,30)(H,26,31)(H,32,33). The molecule has 0 bridgehead atoms. The summed E-state index contributed by atoms with van der Waals surface area (Å²) in [4.78, 5) is 36.0. The number of carbonyl (C=O) groups is 3. The van der Waals surface area contributed by atoms with E-state index >= 15 is 0 Å². The number of ether oxygens (including phenoxy) is 1. The van der Waals surface area contributed by atoms with E-state index in [0.29, 0.717) is 23.2 Å². The van der Waals surface area contributed by atoms with Crippen molar-refractivity contribution in [1.82, 2.24) is 20.1 Å². The number of nitrogens with zero attached hydrogens (tertiary/aromatic N) is 3. The van der Waals surface area contributed by atoms with Crippen LogP contribution in [0.2, 0.25) is 0 Å². The molecule has 3 N–H and O–H groups in total. The third-order valence-electron chi connectivity index (χ3n) is 5.08. The molecule has 1 heterocycles. The number of benzene rings is 2. The molecular formula is C24H27N5O5S. The van der Waals surface area contributed by atoms with Crippen LogP contribution < -0.4 is 15.4 Å². The third-order valence-corrected chi connectivity index (χ3v) is 6.04. The fourth-order valence-electron chi connectivity index (χ4n) is 3.37. The molecule has 0 fully saturated rings. The van der Waals surface area contributed by atoms with E-state index in [-0.39, 0.29) is 35.6 Å². The molecule has 184 valence electrons. The monoisotopic (exact) mass is 497 g/mol. The average molecular weight is 498 g/mol. The van der Waals surface area contributed by atoms with Crippen LogP contribution in [0.3, 0.4) is 0 Å². The maximum atomic E-state index is 12.5. The third kappa shape index (κ3) is 7.06. The second kappa shape index (κ2) is 12.0. The molecule has 1 aromatic heterocycles. The maximum absolute atomic E-state index is 12.5. The van der Waals surface area contributed by atoms with Gasteiger partial charge in [0.05, 0.1) is 30.9 Å². The van der Waals surface area contributed by atoms with E-state index < -0.39 is 5.97 Å². The Hall–Kier alpha value is -3.86. The zero-order chi connectivity index (χ0) is 25.4. The van der Waals surface area contributed by atoms with E-state index in [2.05, 4.69) is 20.8 Å². The molecule has 2 aromatic carbocycles. The van der Waals surface area contributed by atoms with Crippen molar-refractivity contribution in [3.05, 3.63) is 65.5 Å². The predicted octanol–water partition coefficient (Wildman–Crippen LogP) is 3.16. The van der Waals surface area contributed by atoms with Gasteiger partial charge in [-0.2, -0.15) is 0 Å². The van der Waals surface area contributed by atoms with Crippen LogP contribution >= 0.6 is 11.8 Å². The van der Waals surface area contributed by atoms with Crippen molar-refractivity contribution in [2.75, 3.05) is 18.2 Å². The SMILES string of the molecule is CCn1c(SCC(=O)Nc2cccc(C(=O)O)c2)nnc1C(C)NC(=O)Cc1ccc(OC)cc1. The van der Waals surface area contributed by atoms with E-state index in [9.17, 15) is 14.4 Å². The molecule has 0 saturated heterocycles. The molecule has 2 amide bonds. The molecule has 0 radical (unpaired) electrons. The van der Waals surface area contributed by atoms with Crippen molar-refractivity contribution in [1.29, 1.82) is 0 Å². The zero-order valence-corrected chi connectivity index (χ0v) is 20.5. The Morgan fingerprint density at radius 2 is 1.86 bits per heavy atom. The summed E-state index contributed by atoms with van der Waals surface area (Å²) in [6.45, 7) is 4.32. The summed E-state index contributed by atoms with van der Waals surface area (Å²) in [6.07, 6.45) is 0.222. The van der Waals surface area contributed by atoms with Crippen LogP contribution in [0.4, 0.5) is 5.69 Å². The molecule has 0 aliphatic rings. The maximum Gasteiger partial charge on any atom is 0.335 e. The first kappa shape index (κ1) is 25.8. The Morgan fingerprint density at radius 1 is 1.11 bits per heavy atom. The van der Waals surface area contributed by atoms with Gasteiger partial charge in [-0.05, 0) is 49.7 Å². The van der Waals surface area contributed by atoms with E-state index in [1.807, 2.05) is 42.7 Å². The topological polar surface area (TPSA) is 135 Å². The highest BCUT2D eigenvalue weighted by molar-refractivity contribution is 7.99. The Labute approximate surface area is 207 Å². The first-order valence-corrected chi connectivity index (χ1v) is 11.9. The summed E-state index contributed by atoms with van der Waals surface area (Å²) in [7, 11) is 1.59. The minimum Gasteiger partial charge on any atom is -0.497 e. The Bertz CT molecular complexity index is 1200. The molecular weight excluding hydrogens is 470 g/mol. The summed E-state index contributed by atoms with van der Waals surface area (Å²) in [5.41, 5.74) is 1.36. The summed E-state index contributed by atoms with van der Waals surface area (Å²) >= 11 is 1.21. The van der Waals surface area contributed by atoms with Gasteiger partial charge in [0.25, 0.3) is 0 Å². The summed E-state index contributed by atoms with van der Waals surface area (Å²) in [6, 6.07) is 13.0. The molecule has 35 heavy (non-hydrogen) atoms. The number of rotatable bonds is 11. The number of methoxy groups -OCH3 is 1. The van der Waals surface area contributed by atoms with Crippen LogP contribution in [0.5, 0.6) is 5.75 Å². The number of thioether (sulfide) groups is 1. The highest BCUT2D eigenvalue weighted by Gasteiger charge is 2.20. The Balaban J connectivity index is 1.57. The molecule has 3 rings (SSSR count). The highest BCUT2D eigenvalue weighted by atomic mass is 32.2. The first-order chi connectivity index (χ1) is 16.8. The Kier molecular flexibility index (Phi) is 8.85. The van der Waals surface area contributed by atoms with Crippen LogP contribution in [0, 0.1) is 0 Å². The number of carbonyl (C=O) groups excluding carboxylic acids is 2. The van der Waals surface area contributed by atoms with E-state index in [1.165, 1.54) is 23.9 Å². The number of carboxylic acid groups (broad SMARTS) is 1. The lowest BCUT2D eigenvalue weighted by Gasteiger charge is -2.15. The van der Waals surface area contributed by atoms with Crippen LogP contribution in [0.15, 0.2) is 53.7 Å². The predicted molar refractivity (Wildman–Crippen MR) is 132 cm³/mol. The molecule has 0 aliphatic carbocycles. The van der Waals surface area contributed by atoms with E-state index in [0.717, 1.165) is 11.3 Å². The summed E-state index contributed by atoms with van der Waals surface area (Å²) < 4.78 is 6.98. The molecule has 0 saturated carbocycles. The molecule has 1 unspecified atom stereocenters. The molecule has 10 nitrogen and oxygen atoms in total. The second-order valence-corrected chi connectivity index (χ2v) is 8.56. The van der Waals surface area contributed by atoms with Gasteiger partial charge in [-0.1, -0.05) is 30.0 Å². The summed E-state index contributed by atoms with van der Waals surface area (Å²) in [5.74, 6) is -0.132. The second-order valence-electron chi connectivity index (χ2n) is 7.62. The van der Waals surface area contributed by atoms with Crippen molar-refractivity contribution in [2.45, 2.75) is 38.0 Å². The van der Waals surface area contributed by atoms with Crippen molar-refractivity contribution in [3.63, 3.8) is 0 Å². The molecule has 1 atom stereocenters. The smallest absolute Gasteiger partial charge is 0.335 e.